The second-order valence-electron chi connectivity index (χ2n) is 5.44. The van der Waals surface area contributed by atoms with Gasteiger partial charge in [-0.25, -0.2) is 9.97 Å². The van der Waals surface area contributed by atoms with Crippen LogP contribution in [0.5, 0.6) is 0 Å². The minimum Gasteiger partial charge on any atom is -0.394 e. The van der Waals surface area contributed by atoms with Crippen LogP contribution in [0.15, 0.2) is 6.33 Å². The summed E-state index contributed by atoms with van der Waals surface area (Å²) in [6.45, 7) is 8.59. The van der Waals surface area contributed by atoms with Crippen molar-refractivity contribution < 1.29 is 9.84 Å². The maximum Gasteiger partial charge on any atom is 0.137 e. The van der Waals surface area contributed by atoms with E-state index < -0.39 is 0 Å². The Morgan fingerprint density at radius 3 is 2.90 bits per heavy atom. The number of hydrogen-bond acceptors (Lipinski definition) is 6. The summed E-state index contributed by atoms with van der Waals surface area (Å²) < 4.78 is 5.61. The van der Waals surface area contributed by atoms with E-state index in [2.05, 4.69) is 41.0 Å². The van der Waals surface area contributed by atoms with Crippen molar-refractivity contribution in [2.45, 2.75) is 45.8 Å². The first kappa shape index (κ1) is 16.0. The maximum atomic E-state index is 9.34. The van der Waals surface area contributed by atoms with Gasteiger partial charge in [-0.3, -0.25) is 0 Å². The van der Waals surface area contributed by atoms with Crippen LogP contribution in [-0.4, -0.2) is 53.5 Å². The number of rotatable bonds is 6. The zero-order chi connectivity index (χ0) is 15.2. The van der Waals surface area contributed by atoms with Gasteiger partial charge in [-0.2, -0.15) is 0 Å². The third-order valence-corrected chi connectivity index (χ3v) is 3.80. The standard InChI is InChI=1S/C15H26N4O2/c1-4-6-16-14-13(5-2)15(18-10-17-14)19-7-12(8-20)21-9-11(19)3/h10-12,20H,4-9H2,1-3H3,(H,16,17,18). The summed E-state index contributed by atoms with van der Waals surface area (Å²) in [6.07, 6.45) is 3.40. The van der Waals surface area contributed by atoms with E-state index in [1.54, 1.807) is 6.33 Å². The van der Waals surface area contributed by atoms with Gasteiger partial charge in [0.25, 0.3) is 0 Å². The van der Waals surface area contributed by atoms with Gasteiger partial charge < -0.3 is 20.1 Å². The van der Waals surface area contributed by atoms with E-state index in [1.807, 2.05) is 0 Å². The van der Waals surface area contributed by atoms with Gasteiger partial charge in [0.15, 0.2) is 0 Å². The number of aromatic nitrogens is 2. The number of aliphatic hydroxyl groups is 1. The number of nitrogens with zero attached hydrogens (tertiary/aromatic N) is 3. The molecule has 6 heteroatoms. The Labute approximate surface area is 126 Å². The summed E-state index contributed by atoms with van der Waals surface area (Å²) in [6, 6.07) is 0.243. The van der Waals surface area contributed by atoms with Crippen molar-refractivity contribution in [3.05, 3.63) is 11.9 Å². The summed E-state index contributed by atoms with van der Waals surface area (Å²) in [5.41, 5.74) is 1.14. The van der Waals surface area contributed by atoms with Gasteiger partial charge in [0, 0.05) is 18.7 Å². The average Bonchev–Trinajstić information content (AvgIpc) is 2.53. The van der Waals surface area contributed by atoms with Crippen LogP contribution < -0.4 is 10.2 Å². The van der Waals surface area contributed by atoms with Gasteiger partial charge >= 0.3 is 0 Å². The van der Waals surface area contributed by atoms with Crippen molar-refractivity contribution >= 4 is 11.6 Å². The fourth-order valence-corrected chi connectivity index (χ4v) is 2.59. The molecule has 2 rings (SSSR count). The third kappa shape index (κ3) is 3.63. The molecular weight excluding hydrogens is 268 g/mol. The van der Waals surface area contributed by atoms with Crippen LogP contribution in [0.1, 0.15) is 32.8 Å². The fourth-order valence-electron chi connectivity index (χ4n) is 2.59. The Morgan fingerprint density at radius 2 is 2.24 bits per heavy atom. The molecule has 1 aromatic heterocycles. The molecule has 2 heterocycles. The molecule has 1 aromatic rings. The van der Waals surface area contributed by atoms with E-state index in [1.165, 1.54) is 0 Å². The molecule has 0 bridgehead atoms. The second-order valence-corrected chi connectivity index (χ2v) is 5.44. The molecule has 0 saturated carbocycles. The molecule has 2 N–H and O–H groups in total. The van der Waals surface area contributed by atoms with Crippen molar-refractivity contribution in [2.75, 3.05) is 36.5 Å². The van der Waals surface area contributed by atoms with Crippen LogP contribution in [-0.2, 0) is 11.2 Å². The van der Waals surface area contributed by atoms with Crippen LogP contribution in [0, 0.1) is 0 Å². The molecule has 1 aliphatic rings. The molecule has 0 amide bonds. The number of nitrogens with one attached hydrogen (secondary N) is 1. The lowest BCUT2D eigenvalue weighted by Crippen LogP contribution is -2.50. The van der Waals surface area contributed by atoms with Crippen LogP contribution in [0.4, 0.5) is 11.6 Å². The lowest BCUT2D eigenvalue weighted by molar-refractivity contribution is -0.0106. The smallest absolute Gasteiger partial charge is 0.137 e. The van der Waals surface area contributed by atoms with E-state index in [-0.39, 0.29) is 18.8 Å². The molecule has 6 nitrogen and oxygen atoms in total. The van der Waals surface area contributed by atoms with Crippen LogP contribution in [0.2, 0.25) is 0 Å². The maximum absolute atomic E-state index is 9.34. The zero-order valence-corrected chi connectivity index (χ0v) is 13.2. The van der Waals surface area contributed by atoms with Crippen LogP contribution in [0.25, 0.3) is 0 Å². The van der Waals surface area contributed by atoms with E-state index in [0.29, 0.717) is 13.2 Å². The third-order valence-electron chi connectivity index (χ3n) is 3.80. The van der Waals surface area contributed by atoms with E-state index in [4.69, 9.17) is 4.74 Å². The molecule has 0 aliphatic carbocycles. The first-order chi connectivity index (χ1) is 10.2. The average molecular weight is 294 g/mol. The summed E-state index contributed by atoms with van der Waals surface area (Å²) in [5, 5.41) is 12.7. The molecule has 2 unspecified atom stereocenters. The minimum absolute atomic E-state index is 0.0384. The number of aliphatic hydroxyl groups excluding tert-OH is 1. The van der Waals surface area contributed by atoms with E-state index in [0.717, 1.165) is 36.6 Å². The van der Waals surface area contributed by atoms with Crippen molar-refractivity contribution in [2.24, 2.45) is 0 Å². The Morgan fingerprint density at radius 1 is 1.43 bits per heavy atom. The van der Waals surface area contributed by atoms with Gasteiger partial charge in [0.1, 0.15) is 18.0 Å². The van der Waals surface area contributed by atoms with Gasteiger partial charge in [-0.05, 0) is 19.8 Å². The molecule has 1 saturated heterocycles. The second kappa shape index (κ2) is 7.56. The summed E-state index contributed by atoms with van der Waals surface area (Å²) in [4.78, 5) is 11.1. The largest absolute Gasteiger partial charge is 0.394 e. The lowest BCUT2D eigenvalue weighted by Gasteiger charge is -2.39. The van der Waals surface area contributed by atoms with E-state index >= 15 is 0 Å². The minimum atomic E-state index is -0.145. The van der Waals surface area contributed by atoms with Gasteiger partial charge in [0.05, 0.1) is 25.4 Å². The predicted octanol–water partition coefficient (Wildman–Crippen LogP) is 1.45. The topological polar surface area (TPSA) is 70.5 Å². The predicted molar refractivity (Wildman–Crippen MR) is 83.8 cm³/mol. The molecule has 1 aliphatic heterocycles. The van der Waals surface area contributed by atoms with E-state index in [9.17, 15) is 5.11 Å². The van der Waals surface area contributed by atoms with Crippen molar-refractivity contribution in [3.8, 4) is 0 Å². The molecule has 118 valence electrons. The number of ether oxygens (including phenoxy) is 1. The molecule has 0 spiro atoms. The molecule has 21 heavy (non-hydrogen) atoms. The van der Waals surface area contributed by atoms with Crippen LogP contribution >= 0.6 is 0 Å². The van der Waals surface area contributed by atoms with Crippen molar-refractivity contribution in [1.29, 1.82) is 0 Å². The normalized spacial score (nSPS) is 22.4. The molecule has 2 atom stereocenters. The number of morpholine rings is 1. The highest BCUT2D eigenvalue weighted by Crippen LogP contribution is 2.27. The first-order valence-electron chi connectivity index (χ1n) is 7.78. The Hall–Kier alpha value is -1.40. The Kier molecular flexibility index (Phi) is 5.76. The van der Waals surface area contributed by atoms with Crippen molar-refractivity contribution in [1.82, 2.24) is 9.97 Å². The zero-order valence-electron chi connectivity index (χ0n) is 13.2. The lowest BCUT2D eigenvalue weighted by atomic mass is 10.1. The highest BCUT2D eigenvalue weighted by Gasteiger charge is 2.28. The molecule has 1 fully saturated rings. The first-order valence-corrected chi connectivity index (χ1v) is 7.78. The summed E-state index contributed by atoms with van der Waals surface area (Å²) >= 11 is 0. The van der Waals surface area contributed by atoms with Gasteiger partial charge in [-0.1, -0.05) is 13.8 Å². The number of anilines is 2. The highest BCUT2D eigenvalue weighted by atomic mass is 16.5. The highest BCUT2D eigenvalue weighted by molar-refractivity contribution is 5.59. The van der Waals surface area contributed by atoms with Crippen molar-refractivity contribution in [3.63, 3.8) is 0 Å². The Bertz CT molecular complexity index is 455. The fraction of sp³-hybridized carbons (Fsp3) is 0.733. The summed E-state index contributed by atoms with van der Waals surface area (Å²) in [5.74, 6) is 1.88. The molecular formula is C15H26N4O2. The monoisotopic (exact) mass is 294 g/mol. The SMILES string of the molecule is CCCNc1ncnc(N2CC(CO)OCC2C)c1CC. The summed E-state index contributed by atoms with van der Waals surface area (Å²) in [7, 11) is 0. The van der Waals surface area contributed by atoms with Gasteiger partial charge in [0.2, 0.25) is 0 Å². The molecule has 0 aromatic carbocycles. The number of hydrogen-bond donors (Lipinski definition) is 2. The molecule has 0 radical (unpaired) electrons. The van der Waals surface area contributed by atoms with Crippen LogP contribution in [0.3, 0.4) is 0 Å². The Balaban J connectivity index is 2.28. The van der Waals surface area contributed by atoms with Gasteiger partial charge in [-0.15, -0.1) is 0 Å². The quantitative estimate of drug-likeness (QED) is 0.827.